The van der Waals surface area contributed by atoms with Gasteiger partial charge in [0, 0.05) is 25.9 Å². The number of benzene rings is 1. The first kappa shape index (κ1) is 15.2. The molecule has 2 aromatic rings. The van der Waals surface area contributed by atoms with E-state index in [0.717, 1.165) is 5.82 Å². The first-order chi connectivity index (χ1) is 10.1. The molecule has 0 aliphatic heterocycles. The third kappa shape index (κ3) is 3.11. The van der Waals surface area contributed by atoms with Crippen molar-refractivity contribution in [2.45, 2.75) is 12.5 Å². The second-order valence-electron chi connectivity index (χ2n) is 4.63. The van der Waals surface area contributed by atoms with E-state index in [4.69, 9.17) is 14.2 Å². The van der Waals surface area contributed by atoms with Crippen LogP contribution in [-0.2, 0) is 13.5 Å². The first-order valence-electron chi connectivity index (χ1n) is 6.54. The van der Waals surface area contributed by atoms with E-state index in [1.807, 2.05) is 17.8 Å². The van der Waals surface area contributed by atoms with Gasteiger partial charge in [0.25, 0.3) is 0 Å². The van der Waals surface area contributed by atoms with Crippen LogP contribution in [0.4, 0.5) is 0 Å². The van der Waals surface area contributed by atoms with Gasteiger partial charge in [-0.1, -0.05) is 0 Å². The fourth-order valence-corrected chi connectivity index (χ4v) is 2.18. The van der Waals surface area contributed by atoms with Crippen LogP contribution in [0.1, 0.15) is 17.5 Å². The maximum atomic E-state index is 10.4. The lowest BCUT2D eigenvalue weighted by atomic mass is 10.0. The van der Waals surface area contributed by atoms with E-state index in [2.05, 4.69) is 4.98 Å². The second kappa shape index (κ2) is 6.49. The van der Waals surface area contributed by atoms with Crippen molar-refractivity contribution in [2.75, 3.05) is 21.3 Å². The highest BCUT2D eigenvalue weighted by molar-refractivity contribution is 5.54. The number of aliphatic hydroxyl groups is 1. The molecule has 0 bridgehead atoms. The highest BCUT2D eigenvalue weighted by Crippen LogP contribution is 2.40. The van der Waals surface area contributed by atoms with Crippen molar-refractivity contribution in [1.82, 2.24) is 9.55 Å². The Morgan fingerprint density at radius 3 is 2.19 bits per heavy atom. The summed E-state index contributed by atoms with van der Waals surface area (Å²) in [5.74, 6) is 2.35. The summed E-state index contributed by atoms with van der Waals surface area (Å²) in [5.41, 5.74) is 0.687. The molecule has 1 heterocycles. The standard InChI is InChI=1S/C15H20N2O4/c1-17-6-5-16-14(17)9-11(18)10-7-12(19-2)15(21-4)13(8-10)20-3/h5-8,11,18H,9H2,1-4H3. The van der Waals surface area contributed by atoms with Crippen LogP contribution in [0.25, 0.3) is 0 Å². The zero-order chi connectivity index (χ0) is 15.4. The number of hydrogen-bond donors (Lipinski definition) is 1. The molecule has 1 N–H and O–H groups in total. The van der Waals surface area contributed by atoms with Crippen LogP contribution < -0.4 is 14.2 Å². The van der Waals surface area contributed by atoms with Crippen molar-refractivity contribution >= 4 is 0 Å². The number of ether oxygens (including phenoxy) is 3. The van der Waals surface area contributed by atoms with E-state index in [-0.39, 0.29) is 0 Å². The summed E-state index contributed by atoms with van der Waals surface area (Å²) >= 11 is 0. The third-order valence-electron chi connectivity index (χ3n) is 3.37. The van der Waals surface area contributed by atoms with Gasteiger partial charge in [-0.05, 0) is 17.7 Å². The normalized spacial score (nSPS) is 12.0. The average molecular weight is 292 g/mol. The molecule has 0 saturated carbocycles. The lowest BCUT2D eigenvalue weighted by Crippen LogP contribution is -2.07. The van der Waals surface area contributed by atoms with E-state index in [0.29, 0.717) is 29.2 Å². The topological polar surface area (TPSA) is 65.7 Å². The summed E-state index contributed by atoms with van der Waals surface area (Å²) in [6, 6.07) is 3.49. The molecule has 114 valence electrons. The average Bonchev–Trinajstić information content (AvgIpc) is 2.90. The number of methoxy groups -OCH3 is 3. The molecule has 0 saturated heterocycles. The van der Waals surface area contributed by atoms with Gasteiger partial charge in [-0.2, -0.15) is 0 Å². The number of aliphatic hydroxyl groups excluding tert-OH is 1. The minimum absolute atomic E-state index is 0.405. The number of aromatic nitrogens is 2. The van der Waals surface area contributed by atoms with Crippen LogP contribution >= 0.6 is 0 Å². The van der Waals surface area contributed by atoms with Crippen LogP contribution in [0, 0.1) is 0 Å². The van der Waals surface area contributed by atoms with Crippen LogP contribution in [0.3, 0.4) is 0 Å². The summed E-state index contributed by atoms with van der Waals surface area (Å²) in [4.78, 5) is 4.22. The van der Waals surface area contributed by atoms with Crippen molar-refractivity contribution in [3.05, 3.63) is 35.9 Å². The molecule has 21 heavy (non-hydrogen) atoms. The van der Waals surface area contributed by atoms with Crippen LogP contribution in [0.2, 0.25) is 0 Å². The zero-order valence-corrected chi connectivity index (χ0v) is 12.7. The van der Waals surface area contributed by atoms with Gasteiger partial charge in [0.15, 0.2) is 11.5 Å². The molecule has 6 nitrogen and oxygen atoms in total. The molecule has 1 atom stereocenters. The molecule has 0 aliphatic rings. The zero-order valence-electron chi connectivity index (χ0n) is 12.7. The number of aryl methyl sites for hydroxylation is 1. The van der Waals surface area contributed by atoms with Gasteiger partial charge in [-0.3, -0.25) is 0 Å². The van der Waals surface area contributed by atoms with Crippen molar-refractivity contribution in [2.24, 2.45) is 7.05 Å². The van der Waals surface area contributed by atoms with E-state index in [1.165, 1.54) is 0 Å². The minimum atomic E-state index is -0.709. The van der Waals surface area contributed by atoms with Crippen LogP contribution in [-0.4, -0.2) is 36.0 Å². The second-order valence-corrected chi connectivity index (χ2v) is 4.63. The predicted octanol–water partition coefficient (Wildman–Crippen LogP) is 1.72. The molecule has 1 aromatic heterocycles. The molecule has 0 radical (unpaired) electrons. The summed E-state index contributed by atoms with van der Waals surface area (Å²) in [7, 11) is 6.53. The largest absolute Gasteiger partial charge is 0.493 e. The molecular weight excluding hydrogens is 272 g/mol. The van der Waals surface area contributed by atoms with E-state index in [1.54, 1.807) is 39.7 Å². The molecule has 1 aromatic carbocycles. The van der Waals surface area contributed by atoms with Crippen molar-refractivity contribution in [1.29, 1.82) is 0 Å². The SMILES string of the molecule is COc1cc(C(O)Cc2nccn2C)cc(OC)c1OC. The quantitative estimate of drug-likeness (QED) is 0.878. The van der Waals surface area contributed by atoms with E-state index >= 15 is 0 Å². The minimum Gasteiger partial charge on any atom is -0.493 e. The Balaban J connectivity index is 2.32. The smallest absolute Gasteiger partial charge is 0.203 e. The van der Waals surface area contributed by atoms with Gasteiger partial charge in [-0.15, -0.1) is 0 Å². The Hall–Kier alpha value is -2.21. The Labute approximate surface area is 123 Å². The number of nitrogens with zero attached hydrogens (tertiary/aromatic N) is 2. The van der Waals surface area contributed by atoms with Crippen LogP contribution in [0.15, 0.2) is 24.5 Å². The molecular formula is C15H20N2O4. The summed E-state index contributed by atoms with van der Waals surface area (Å²) in [6.45, 7) is 0. The highest BCUT2D eigenvalue weighted by atomic mass is 16.5. The van der Waals surface area contributed by atoms with Gasteiger partial charge < -0.3 is 23.9 Å². The van der Waals surface area contributed by atoms with Gasteiger partial charge in [0.1, 0.15) is 5.82 Å². The van der Waals surface area contributed by atoms with Gasteiger partial charge >= 0.3 is 0 Å². The Morgan fingerprint density at radius 2 is 1.76 bits per heavy atom. The van der Waals surface area contributed by atoms with Gasteiger partial charge in [0.05, 0.1) is 27.4 Å². The molecule has 0 spiro atoms. The maximum Gasteiger partial charge on any atom is 0.203 e. The monoisotopic (exact) mass is 292 g/mol. The third-order valence-corrected chi connectivity index (χ3v) is 3.37. The molecule has 0 fully saturated rings. The fourth-order valence-electron chi connectivity index (χ4n) is 2.18. The summed E-state index contributed by atoms with van der Waals surface area (Å²) in [5, 5.41) is 10.4. The van der Waals surface area contributed by atoms with Crippen LogP contribution in [0.5, 0.6) is 17.2 Å². The van der Waals surface area contributed by atoms with Crippen molar-refractivity contribution in [3.63, 3.8) is 0 Å². The van der Waals surface area contributed by atoms with Crippen molar-refractivity contribution in [3.8, 4) is 17.2 Å². The molecule has 6 heteroatoms. The van der Waals surface area contributed by atoms with E-state index in [9.17, 15) is 5.11 Å². The van der Waals surface area contributed by atoms with Gasteiger partial charge in [0.2, 0.25) is 5.75 Å². The maximum absolute atomic E-state index is 10.4. The number of imidazole rings is 1. The van der Waals surface area contributed by atoms with Crippen molar-refractivity contribution < 1.29 is 19.3 Å². The lowest BCUT2D eigenvalue weighted by molar-refractivity contribution is 0.173. The first-order valence-corrected chi connectivity index (χ1v) is 6.54. The summed E-state index contributed by atoms with van der Waals surface area (Å²) < 4.78 is 17.7. The predicted molar refractivity (Wildman–Crippen MR) is 78.0 cm³/mol. The molecule has 0 aliphatic carbocycles. The number of rotatable bonds is 6. The van der Waals surface area contributed by atoms with E-state index < -0.39 is 6.10 Å². The van der Waals surface area contributed by atoms with Gasteiger partial charge in [-0.25, -0.2) is 4.98 Å². The summed E-state index contributed by atoms with van der Waals surface area (Å²) in [6.07, 6.45) is 3.25. The Morgan fingerprint density at radius 1 is 1.14 bits per heavy atom. The number of hydrogen-bond acceptors (Lipinski definition) is 5. The highest BCUT2D eigenvalue weighted by Gasteiger charge is 2.18. The fraction of sp³-hybridized carbons (Fsp3) is 0.400. The molecule has 2 rings (SSSR count). The Kier molecular flexibility index (Phi) is 4.70. The molecule has 1 unspecified atom stereocenters. The Bertz CT molecular complexity index is 584. The lowest BCUT2D eigenvalue weighted by Gasteiger charge is -2.17. The molecule has 0 amide bonds.